The van der Waals surface area contributed by atoms with Crippen LogP contribution in [0.3, 0.4) is 0 Å². The molecular weight excluding hydrogens is 351 g/mol. The van der Waals surface area contributed by atoms with Crippen LogP contribution in [0.1, 0.15) is 5.56 Å². The molecule has 3 nitrogen and oxygen atoms in total. The van der Waals surface area contributed by atoms with E-state index in [0.29, 0.717) is 22.3 Å². The van der Waals surface area contributed by atoms with Crippen LogP contribution < -0.4 is 5.32 Å². The Bertz CT molecular complexity index is 847. The van der Waals surface area contributed by atoms with E-state index in [1.165, 1.54) is 11.8 Å². The first-order valence-corrected chi connectivity index (χ1v) is 8.77. The van der Waals surface area contributed by atoms with Gasteiger partial charge in [-0.15, -0.1) is 11.8 Å². The van der Waals surface area contributed by atoms with Gasteiger partial charge in [-0.1, -0.05) is 47.5 Å². The van der Waals surface area contributed by atoms with Gasteiger partial charge in [0.25, 0.3) is 0 Å². The van der Waals surface area contributed by atoms with Crippen molar-refractivity contribution in [2.24, 2.45) is 0 Å². The zero-order chi connectivity index (χ0) is 16.2. The summed E-state index contributed by atoms with van der Waals surface area (Å²) < 4.78 is 0. The number of amides is 1. The summed E-state index contributed by atoms with van der Waals surface area (Å²) in [6.07, 6.45) is 1.93. The Morgan fingerprint density at radius 3 is 2.78 bits per heavy atom. The van der Waals surface area contributed by atoms with Gasteiger partial charge in [-0.3, -0.25) is 4.79 Å². The highest BCUT2D eigenvalue weighted by Gasteiger charge is 2.07. The number of H-pyrrole nitrogens is 1. The second-order valence-electron chi connectivity index (χ2n) is 5.01. The second-order valence-corrected chi connectivity index (χ2v) is 6.84. The Kier molecular flexibility index (Phi) is 5.16. The van der Waals surface area contributed by atoms with Crippen molar-refractivity contribution in [1.82, 2.24) is 10.3 Å². The van der Waals surface area contributed by atoms with Crippen LogP contribution >= 0.6 is 35.0 Å². The van der Waals surface area contributed by atoms with Gasteiger partial charge < -0.3 is 10.3 Å². The highest BCUT2D eigenvalue weighted by atomic mass is 35.5. The molecule has 2 N–H and O–H groups in total. The van der Waals surface area contributed by atoms with Crippen LogP contribution in [0.2, 0.25) is 10.0 Å². The fraction of sp³-hybridized carbons (Fsp3) is 0.118. The number of para-hydroxylation sites is 1. The van der Waals surface area contributed by atoms with Gasteiger partial charge in [-0.05, 0) is 23.8 Å². The normalized spacial score (nSPS) is 10.9. The number of fused-ring (bicyclic) bond motifs is 1. The van der Waals surface area contributed by atoms with Crippen molar-refractivity contribution in [3.05, 3.63) is 64.3 Å². The molecule has 1 heterocycles. The minimum absolute atomic E-state index is 0.0219. The molecule has 0 aliphatic rings. The van der Waals surface area contributed by atoms with Crippen LogP contribution in [-0.2, 0) is 11.3 Å². The third-order valence-corrected chi connectivity index (χ3v) is 5.18. The van der Waals surface area contributed by atoms with Crippen LogP contribution in [-0.4, -0.2) is 16.6 Å². The molecule has 0 radical (unpaired) electrons. The minimum Gasteiger partial charge on any atom is -0.360 e. The number of carbonyl (C=O) groups excluding carboxylic acids is 1. The summed E-state index contributed by atoms with van der Waals surface area (Å²) in [6, 6.07) is 13.4. The monoisotopic (exact) mass is 364 g/mol. The molecule has 0 atom stereocenters. The van der Waals surface area contributed by atoms with Gasteiger partial charge in [-0.2, -0.15) is 0 Å². The molecule has 0 aliphatic heterocycles. The van der Waals surface area contributed by atoms with Gasteiger partial charge in [0.15, 0.2) is 0 Å². The lowest BCUT2D eigenvalue weighted by atomic mass is 10.2. The molecule has 0 bridgehead atoms. The molecule has 2 aromatic carbocycles. The molecule has 6 heteroatoms. The van der Waals surface area contributed by atoms with Gasteiger partial charge in [-0.25, -0.2) is 0 Å². The number of nitrogens with one attached hydrogen (secondary N) is 2. The van der Waals surface area contributed by atoms with Crippen molar-refractivity contribution in [2.75, 3.05) is 5.75 Å². The molecule has 23 heavy (non-hydrogen) atoms. The molecule has 1 aromatic heterocycles. The van der Waals surface area contributed by atoms with Gasteiger partial charge in [0, 0.05) is 28.5 Å². The first-order chi connectivity index (χ1) is 11.1. The summed E-state index contributed by atoms with van der Waals surface area (Å²) in [5, 5.41) is 5.02. The largest absolute Gasteiger partial charge is 0.360 e. The molecule has 0 fully saturated rings. The maximum absolute atomic E-state index is 12.0. The van der Waals surface area contributed by atoms with Crippen LogP contribution in [0.15, 0.2) is 53.6 Å². The zero-order valence-corrected chi connectivity index (χ0v) is 14.4. The predicted molar refractivity (Wildman–Crippen MR) is 97.3 cm³/mol. The van der Waals surface area contributed by atoms with Crippen LogP contribution in [0.25, 0.3) is 10.9 Å². The summed E-state index contributed by atoms with van der Waals surface area (Å²) in [6.45, 7) is 0.435. The Labute approximate surface area is 148 Å². The van der Waals surface area contributed by atoms with Crippen molar-refractivity contribution in [3.8, 4) is 0 Å². The first kappa shape index (κ1) is 16.2. The van der Waals surface area contributed by atoms with E-state index in [-0.39, 0.29) is 5.91 Å². The van der Waals surface area contributed by atoms with Gasteiger partial charge in [0.2, 0.25) is 5.91 Å². The van der Waals surface area contributed by atoms with Gasteiger partial charge in [0.1, 0.15) is 0 Å². The number of aromatic amines is 1. The molecule has 0 spiro atoms. The number of hydrogen-bond donors (Lipinski definition) is 2. The SMILES string of the molecule is O=C(CSc1c[nH]c2ccccc12)NCc1ccc(Cl)c(Cl)c1. The van der Waals surface area contributed by atoms with E-state index in [1.807, 2.05) is 36.5 Å². The van der Waals surface area contributed by atoms with E-state index in [9.17, 15) is 4.79 Å². The van der Waals surface area contributed by atoms with Crippen LogP contribution in [0.5, 0.6) is 0 Å². The van der Waals surface area contributed by atoms with E-state index in [4.69, 9.17) is 23.2 Å². The Hall–Kier alpha value is -1.62. The third kappa shape index (κ3) is 4.02. The minimum atomic E-state index is -0.0219. The second kappa shape index (κ2) is 7.30. The van der Waals surface area contributed by atoms with Crippen LogP contribution in [0, 0.1) is 0 Å². The molecule has 0 aliphatic carbocycles. The van der Waals surface area contributed by atoms with E-state index >= 15 is 0 Å². The quantitative estimate of drug-likeness (QED) is 0.633. The zero-order valence-electron chi connectivity index (χ0n) is 12.1. The van der Waals surface area contributed by atoms with Crippen molar-refractivity contribution >= 4 is 51.8 Å². The van der Waals surface area contributed by atoms with Gasteiger partial charge >= 0.3 is 0 Å². The van der Waals surface area contributed by atoms with Crippen molar-refractivity contribution in [2.45, 2.75) is 11.4 Å². The smallest absolute Gasteiger partial charge is 0.230 e. The summed E-state index contributed by atoms with van der Waals surface area (Å²) in [5.74, 6) is 0.342. The Morgan fingerprint density at radius 2 is 1.96 bits per heavy atom. The number of thioether (sulfide) groups is 1. The highest BCUT2D eigenvalue weighted by molar-refractivity contribution is 8.00. The lowest BCUT2D eigenvalue weighted by Crippen LogP contribution is -2.24. The number of carbonyl (C=O) groups is 1. The van der Waals surface area contributed by atoms with Crippen molar-refractivity contribution < 1.29 is 4.79 Å². The van der Waals surface area contributed by atoms with Gasteiger partial charge in [0.05, 0.1) is 15.8 Å². The lowest BCUT2D eigenvalue weighted by molar-refractivity contribution is -0.118. The van der Waals surface area contributed by atoms with E-state index in [1.54, 1.807) is 12.1 Å². The fourth-order valence-corrected chi connectivity index (χ4v) is 3.39. The van der Waals surface area contributed by atoms with Crippen molar-refractivity contribution in [1.29, 1.82) is 0 Å². The predicted octanol–water partition coefficient (Wildman–Crippen LogP) is 4.88. The number of benzene rings is 2. The Morgan fingerprint density at radius 1 is 1.13 bits per heavy atom. The molecular formula is C17H14Cl2N2OS. The van der Waals surface area contributed by atoms with E-state index in [0.717, 1.165) is 21.4 Å². The first-order valence-electron chi connectivity index (χ1n) is 7.03. The molecule has 3 aromatic rings. The maximum Gasteiger partial charge on any atom is 0.230 e. The average molecular weight is 365 g/mol. The third-order valence-electron chi connectivity index (χ3n) is 3.38. The lowest BCUT2D eigenvalue weighted by Gasteiger charge is -2.06. The number of halogens is 2. The Balaban J connectivity index is 1.54. The number of hydrogen-bond acceptors (Lipinski definition) is 2. The van der Waals surface area contributed by atoms with Crippen molar-refractivity contribution in [3.63, 3.8) is 0 Å². The summed E-state index contributed by atoms with van der Waals surface area (Å²) in [4.78, 5) is 16.3. The molecule has 0 unspecified atom stereocenters. The van der Waals surface area contributed by atoms with E-state index in [2.05, 4.69) is 10.3 Å². The van der Waals surface area contributed by atoms with Crippen LogP contribution in [0.4, 0.5) is 0 Å². The number of rotatable bonds is 5. The van der Waals surface area contributed by atoms with E-state index < -0.39 is 0 Å². The molecule has 0 saturated heterocycles. The average Bonchev–Trinajstić information content (AvgIpc) is 2.97. The highest BCUT2D eigenvalue weighted by Crippen LogP contribution is 2.27. The summed E-state index contributed by atoms with van der Waals surface area (Å²) >= 11 is 13.3. The molecule has 118 valence electrons. The molecule has 3 rings (SSSR count). The summed E-state index contributed by atoms with van der Waals surface area (Å²) in [7, 11) is 0. The maximum atomic E-state index is 12.0. The number of aromatic nitrogens is 1. The topological polar surface area (TPSA) is 44.9 Å². The molecule has 1 amide bonds. The fourth-order valence-electron chi connectivity index (χ4n) is 2.21. The summed E-state index contributed by atoms with van der Waals surface area (Å²) in [5.41, 5.74) is 2.00. The standard InChI is InChI=1S/C17H14Cl2N2OS/c18-13-6-5-11(7-14(13)19)8-21-17(22)10-23-16-9-20-15-4-2-1-3-12(15)16/h1-7,9,20H,8,10H2,(H,21,22). The molecule has 0 saturated carbocycles.